The van der Waals surface area contributed by atoms with E-state index in [1.165, 1.54) is 29.5 Å². The first-order valence-corrected chi connectivity index (χ1v) is 9.94. The number of nitrogens with one attached hydrogen (secondary N) is 1. The molecule has 6 nitrogen and oxygen atoms in total. The van der Waals surface area contributed by atoms with Crippen LogP contribution in [0.25, 0.3) is 0 Å². The number of aromatic nitrogens is 2. The third-order valence-corrected chi connectivity index (χ3v) is 5.35. The summed E-state index contributed by atoms with van der Waals surface area (Å²) in [6, 6.07) is 14.0. The maximum Gasteiger partial charge on any atom is 0.257 e. The number of benzene rings is 1. The van der Waals surface area contributed by atoms with Gasteiger partial charge in [0, 0.05) is 30.4 Å². The Morgan fingerprint density at radius 2 is 1.86 bits per heavy atom. The molecular formula is C22H21ClN4O2. The number of carbonyl (C=O) groups excluding carboxylic acids is 1. The summed E-state index contributed by atoms with van der Waals surface area (Å²) in [4.78, 5) is 31.5. The Kier molecular flexibility index (Phi) is 5.62. The average Bonchev–Trinajstić information content (AvgIpc) is 3.26. The monoisotopic (exact) mass is 408 g/mol. The van der Waals surface area contributed by atoms with Gasteiger partial charge in [-0.1, -0.05) is 29.8 Å². The third-order valence-electron chi connectivity index (χ3n) is 4.98. The lowest BCUT2D eigenvalue weighted by atomic mass is 10.2. The van der Waals surface area contributed by atoms with Crippen molar-refractivity contribution in [2.45, 2.75) is 19.4 Å². The highest BCUT2D eigenvalue weighted by Crippen LogP contribution is 2.19. The Morgan fingerprint density at radius 1 is 1.07 bits per heavy atom. The first-order valence-electron chi connectivity index (χ1n) is 9.56. The van der Waals surface area contributed by atoms with Crippen LogP contribution < -0.4 is 15.8 Å². The van der Waals surface area contributed by atoms with E-state index in [4.69, 9.17) is 11.6 Å². The van der Waals surface area contributed by atoms with E-state index >= 15 is 0 Å². The molecule has 1 N–H and O–H groups in total. The lowest BCUT2D eigenvalue weighted by Crippen LogP contribution is -2.23. The van der Waals surface area contributed by atoms with Gasteiger partial charge in [0.25, 0.3) is 11.5 Å². The van der Waals surface area contributed by atoms with Crippen molar-refractivity contribution < 1.29 is 4.79 Å². The molecular weight excluding hydrogens is 388 g/mol. The number of hydrogen-bond acceptors (Lipinski definition) is 4. The van der Waals surface area contributed by atoms with E-state index in [9.17, 15) is 9.59 Å². The van der Waals surface area contributed by atoms with Crippen LogP contribution in [0.15, 0.2) is 65.7 Å². The summed E-state index contributed by atoms with van der Waals surface area (Å²) in [6.07, 6.45) is 5.58. The molecule has 1 amide bonds. The first kappa shape index (κ1) is 19.2. The molecule has 0 unspecified atom stereocenters. The molecule has 29 heavy (non-hydrogen) atoms. The zero-order chi connectivity index (χ0) is 20.2. The summed E-state index contributed by atoms with van der Waals surface area (Å²) < 4.78 is 1.48. The van der Waals surface area contributed by atoms with E-state index in [0.717, 1.165) is 24.5 Å². The summed E-state index contributed by atoms with van der Waals surface area (Å²) >= 11 is 6.19. The van der Waals surface area contributed by atoms with Crippen molar-refractivity contribution >= 4 is 29.0 Å². The second-order valence-electron chi connectivity index (χ2n) is 7.03. The predicted octanol–water partition coefficient (Wildman–Crippen LogP) is 3.80. The fourth-order valence-electron chi connectivity index (χ4n) is 3.40. The molecule has 1 fully saturated rings. The first-order chi connectivity index (χ1) is 14.1. The molecule has 0 saturated carbocycles. The molecule has 0 radical (unpaired) electrons. The van der Waals surface area contributed by atoms with Crippen molar-refractivity contribution in [3.63, 3.8) is 0 Å². The minimum Gasteiger partial charge on any atom is -0.357 e. The predicted molar refractivity (Wildman–Crippen MR) is 115 cm³/mol. The Morgan fingerprint density at radius 3 is 2.59 bits per heavy atom. The number of nitrogens with zero attached hydrogens (tertiary/aromatic N) is 3. The normalized spacial score (nSPS) is 13.5. The van der Waals surface area contributed by atoms with Gasteiger partial charge in [0.15, 0.2) is 0 Å². The van der Waals surface area contributed by atoms with Crippen molar-refractivity contribution in [3.8, 4) is 0 Å². The Balaban J connectivity index is 1.48. The molecule has 7 heteroatoms. The average molecular weight is 409 g/mol. The maximum absolute atomic E-state index is 12.6. The van der Waals surface area contributed by atoms with Gasteiger partial charge < -0.3 is 14.8 Å². The molecule has 0 aliphatic carbocycles. The fourth-order valence-corrected chi connectivity index (χ4v) is 3.59. The Bertz CT molecular complexity index is 1070. The number of hydrogen-bond donors (Lipinski definition) is 1. The van der Waals surface area contributed by atoms with Crippen LogP contribution >= 0.6 is 11.6 Å². The number of carbonyl (C=O) groups is 1. The number of pyridine rings is 2. The van der Waals surface area contributed by atoms with Gasteiger partial charge in [0.2, 0.25) is 0 Å². The van der Waals surface area contributed by atoms with Crippen LogP contribution in [0, 0.1) is 0 Å². The molecule has 1 aliphatic rings. The van der Waals surface area contributed by atoms with Gasteiger partial charge in [0.05, 0.1) is 24.0 Å². The smallest absolute Gasteiger partial charge is 0.257 e. The van der Waals surface area contributed by atoms with Gasteiger partial charge in [0.1, 0.15) is 5.82 Å². The minimum atomic E-state index is -0.298. The highest BCUT2D eigenvalue weighted by molar-refractivity contribution is 6.31. The third kappa shape index (κ3) is 4.49. The zero-order valence-electron chi connectivity index (χ0n) is 15.8. The summed E-state index contributed by atoms with van der Waals surface area (Å²) in [5.41, 5.74) is 1.62. The van der Waals surface area contributed by atoms with Gasteiger partial charge in [-0.25, -0.2) is 4.98 Å². The van der Waals surface area contributed by atoms with Crippen molar-refractivity contribution in [2.24, 2.45) is 0 Å². The number of anilines is 2. The molecule has 1 aliphatic heterocycles. The van der Waals surface area contributed by atoms with E-state index < -0.39 is 0 Å². The topological polar surface area (TPSA) is 67.2 Å². The number of rotatable bonds is 5. The number of amides is 1. The molecule has 3 heterocycles. The van der Waals surface area contributed by atoms with E-state index in [2.05, 4.69) is 15.2 Å². The lowest BCUT2D eigenvalue weighted by Gasteiger charge is -2.16. The van der Waals surface area contributed by atoms with Gasteiger partial charge in [-0.15, -0.1) is 0 Å². The molecule has 3 aromatic rings. The molecule has 1 aromatic carbocycles. The van der Waals surface area contributed by atoms with Crippen molar-refractivity contribution in [3.05, 3.63) is 87.4 Å². The quantitative estimate of drug-likeness (QED) is 0.697. The molecule has 0 atom stereocenters. The van der Waals surface area contributed by atoms with Crippen LogP contribution in [0.4, 0.5) is 11.5 Å². The second-order valence-corrected chi connectivity index (χ2v) is 7.44. The second kappa shape index (κ2) is 8.49. The van der Waals surface area contributed by atoms with Crippen molar-refractivity contribution in [1.29, 1.82) is 0 Å². The molecule has 2 aromatic heterocycles. The highest BCUT2D eigenvalue weighted by Gasteiger charge is 2.14. The van der Waals surface area contributed by atoms with Crippen LogP contribution in [0.5, 0.6) is 0 Å². The molecule has 1 saturated heterocycles. The largest absolute Gasteiger partial charge is 0.357 e. The standard InChI is InChI=1S/C22H21ClN4O2/c23-19-6-2-1-5-16(19)14-27-15-17(7-10-21(27)28)22(29)25-18-8-9-20(24-13-18)26-11-3-4-12-26/h1-2,5-10,13,15H,3-4,11-12,14H2,(H,25,29). The SMILES string of the molecule is O=C(Nc1ccc(N2CCCC2)nc1)c1ccc(=O)n(Cc2ccccc2Cl)c1. The van der Waals surface area contributed by atoms with Crippen LogP contribution in [0.2, 0.25) is 5.02 Å². The summed E-state index contributed by atoms with van der Waals surface area (Å²) in [6.45, 7) is 2.34. The van der Waals surface area contributed by atoms with Crippen LogP contribution in [0.1, 0.15) is 28.8 Å². The molecule has 148 valence electrons. The lowest BCUT2D eigenvalue weighted by molar-refractivity contribution is 0.102. The van der Waals surface area contributed by atoms with Crippen molar-refractivity contribution in [2.75, 3.05) is 23.3 Å². The minimum absolute atomic E-state index is 0.196. The van der Waals surface area contributed by atoms with Crippen LogP contribution in [-0.4, -0.2) is 28.5 Å². The highest BCUT2D eigenvalue weighted by atomic mass is 35.5. The molecule has 0 bridgehead atoms. The van der Waals surface area contributed by atoms with Crippen LogP contribution in [0.3, 0.4) is 0 Å². The van der Waals surface area contributed by atoms with Crippen LogP contribution in [-0.2, 0) is 6.54 Å². The van der Waals surface area contributed by atoms with Gasteiger partial charge in [-0.2, -0.15) is 0 Å². The molecule has 4 rings (SSSR count). The van der Waals surface area contributed by atoms with Gasteiger partial charge in [-0.05, 0) is 42.7 Å². The van der Waals surface area contributed by atoms with E-state index in [1.807, 2.05) is 30.3 Å². The zero-order valence-corrected chi connectivity index (χ0v) is 16.6. The summed E-state index contributed by atoms with van der Waals surface area (Å²) in [5.74, 6) is 0.627. The van der Waals surface area contributed by atoms with E-state index in [-0.39, 0.29) is 11.5 Å². The Hall–Kier alpha value is -3.12. The Labute approximate surface area is 173 Å². The van der Waals surface area contributed by atoms with Gasteiger partial charge in [-0.3, -0.25) is 9.59 Å². The van der Waals surface area contributed by atoms with E-state index in [1.54, 1.807) is 18.5 Å². The summed E-state index contributed by atoms with van der Waals surface area (Å²) in [5, 5.41) is 3.42. The fraction of sp³-hybridized carbons (Fsp3) is 0.227. The number of halogens is 1. The summed E-state index contributed by atoms with van der Waals surface area (Å²) in [7, 11) is 0. The maximum atomic E-state index is 12.6. The van der Waals surface area contributed by atoms with E-state index in [0.29, 0.717) is 22.8 Å². The van der Waals surface area contributed by atoms with Crippen molar-refractivity contribution in [1.82, 2.24) is 9.55 Å². The van der Waals surface area contributed by atoms with Gasteiger partial charge >= 0.3 is 0 Å². The molecule has 0 spiro atoms.